The topological polar surface area (TPSA) is 71.0 Å². The summed E-state index contributed by atoms with van der Waals surface area (Å²) in [6.45, 7) is 1.60. The number of benzene rings is 4. The van der Waals surface area contributed by atoms with E-state index in [2.05, 4.69) is 41.5 Å². The molecule has 39 heavy (non-hydrogen) atoms. The van der Waals surface area contributed by atoms with Crippen LogP contribution in [-0.2, 0) is 22.6 Å². The second-order valence-corrected chi connectivity index (χ2v) is 9.97. The molecule has 3 atom stereocenters. The molecule has 0 radical (unpaired) electrons. The number of nitrogens with one attached hydrogen (secondary N) is 1. The van der Waals surface area contributed by atoms with Crippen LogP contribution in [0.25, 0.3) is 0 Å². The van der Waals surface area contributed by atoms with Gasteiger partial charge in [0.2, 0.25) is 0 Å². The van der Waals surface area contributed by atoms with Gasteiger partial charge in [-0.05, 0) is 48.0 Å². The third kappa shape index (κ3) is 7.19. The third-order valence-corrected chi connectivity index (χ3v) is 6.90. The Bertz CT molecular complexity index is 1330. The maximum atomic E-state index is 12.5. The van der Waals surface area contributed by atoms with Gasteiger partial charge >= 0.3 is 0 Å². The van der Waals surface area contributed by atoms with E-state index in [4.69, 9.17) is 9.47 Å². The van der Waals surface area contributed by atoms with Crippen LogP contribution >= 0.6 is 0 Å². The van der Waals surface area contributed by atoms with E-state index in [0.717, 1.165) is 36.2 Å². The number of amides is 1. The van der Waals surface area contributed by atoms with Gasteiger partial charge in [0, 0.05) is 36.3 Å². The molecule has 200 valence electrons. The summed E-state index contributed by atoms with van der Waals surface area (Å²) in [6.07, 6.45) is -0.0175. The predicted molar refractivity (Wildman–Crippen MR) is 152 cm³/mol. The minimum absolute atomic E-state index is 0.0115. The van der Waals surface area contributed by atoms with Crippen molar-refractivity contribution >= 4 is 11.6 Å². The van der Waals surface area contributed by atoms with Crippen molar-refractivity contribution in [3.8, 4) is 0 Å². The Morgan fingerprint density at radius 2 is 1.46 bits per heavy atom. The molecule has 5 rings (SSSR count). The first-order valence-corrected chi connectivity index (χ1v) is 13.3. The average molecular weight is 523 g/mol. The van der Waals surface area contributed by atoms with E-state index in [1.165, 1.54) is 5.56 Å². The molecular weight excluding hydrogens is 488 g/mol. The molecule has 1 aliphatic heterocycles. The molecule has 0 saturated carbocycles. The lowest BCUT2D eigenvalue weighted by atomic mass is 9.99. The molecule has 1 amide bonds. The van der Waals surface area contributed by atoms with Crippen molar-refractivity contribution in [3.63, 3.8) is 0 Å². The van der Waals surface area contributed by atoms with Crippen LogP contribution in [0.4, 0.5) is 5.69 Å². The van der Waals surface area contributed by atoms with E-state index < -0.39 is 6.29 Å². The van der Waals surface area contributed by atoms with Crippen molar-refractivity contribution in [2.24, 2.45) is 0 Å². The van der Waals surface area contributed by atoms with Gasteiger partial charge in [-0.25, -0.2) is 0 Å². The van der Waals surface area contributed by atoms with Gasteiger partial charge in [-0.15, -0.1) is 0 Å². The highest BCUT2D eigenvalue weighted by atomic mass is 16.7. The molecule has 6 heteroatoms. The molecule has 1 fully saturated rings. The molecule has 1 aliphatic rings. The molecule has 2 N–H and O–H groups in total. The number of carbonyl (C=O) groups is 1. The number of aliphatic hydroxyl groups is 1. The number of nitrogens with zero attached hydrogens (tertiary/aromatic N) is 1. The quantitative estimate of drug-likeness (QED) is 0.278. The SMILES string of the molecule is CN(Cc1ccccc1)CC1CC(c2ccc(CO)cc2)OC(c2ccc(NC(=O)c3ccccc3)cc2)O1. The number of aliphatic hydroxyl groups excluding tert-OH is 1. The molecule has 4 aromatic carbocycles. The largest absolute Gasteiger partial charge is 0.392 e. The number of anilines is 1. The molecule has 0 spiro atoms. The van der Waals surface area contributed by atoms with Gasteiger partial charge in [-0.1, -0.05) is 84.9 Å². The van der Waals surface area contributed by atoms with Crippen molar-refractivity contribution in [2.45, 2.75) is 38.1 Å². The van der Waals surface area contributed by atoms with Crippen molar-refractivity contribution in [1.29, 1.82) is 0 Å². The van der Waals surface area contributed by atoms with Crippen LogP contribution in [0.1, 0.15) is 51.4 Å². The molecule has 0 bridgehead atoms. The minimum Gasteiger partial charge on any atom is -0.392 e. The highest BCUT2D eigenvalue weighted by Gasteiger charge is 2.32. The molecule has 1 heterocycles. The first kappa shape index (κ1) is 26.8. The fourth-order valence-corrected chi connectivity index (χ4v) is 4.86. The van der Waals surface area contributed by atoms with Gasteiger partial charge in [0.05, 0.1) is 18.8 Å². The molecule has 3 unspecified atom stereocenters. The van der Waals surface area contributed by atoms with Crippen molar-refractivity contribution in [2.75, 3.05) is 18.9 Å². The Hall–Kier alpha value is -3.81. The van der Waals surface area contributed by atoms with Gasteiger partial charge in [0.25, 0.3) is 5.91 Å². The number of hydrogen-bond acceptors (Lipinski definition) is 5. The van der Waals surface area contributed by atoms with Gasteiger partial charge in [-0.2, -0.15) is 0 Å². The zero-order chi connectivity index (χ0) is 27.0. The minimum atomic E-state index is -0.546. The lowest BCUT2D eigenvalue weighted by Crippen LogP contribution is -2.37. The molecule has 0 aliphatic carbocycles. The number of ether oxygens (including phenoxy) is 2. The highest BCUT2D eigenvalue weighted by molar-refractivity contribution is 6.04. The zero-order valence-corrected chi connectivity index (χ0v) is 22.1. The first-order chi connectivity index (χ1) is 19.1. The Labute approximate surface area is 229 Å². The van der Waals surface area contributed by atoms with Crippen LogP contribution in [0.2, 0.25) is 0 Å². The number of hydrogen-bond donors (Lipinski definition) is 2. The Morgan fingerprint density at radius 1 is 0.821 bits per heavy atom. The van der Waals surface area contributed by atoms with Gasteiger partial charge < -0.3 is 19.9 Å². The van der Waals surface area contributed by atoms with Gasteiger partial charge in [0.15, 0.2) is 6.29 Å². The van der Waals surface area contributed by atoms with Crippen molar-refractivity contribution in [3.05, 3.63) is 137 Å². The van der Waals surface area contributed by atoms with E-state index in [0.29, 0.717) is 11.3 Å². The van der Waals surface area contributed by atoms with E-state index >= 15 is 0 Å². The zero-order valence-electron chi connectivity index (χ0n) is 22.1. The van der Waals surface area contributed by atoms with E-state index in [-0.39, 0.29) is 24.7 Å². The fraction of sp³-hybridized carbons (Fsp3) is 0.242. The Balaban J connectivity index is 1.30. The third-order valence-electron chi connectivity index (χ3n) is 6.90. The number of likely N-dealkylation sites (N-methyl/N-ethyl adjacent to an activating group) is 1. The molecule has 4 aromatic rings. The monoisotopic (exact) mass is 522 g/mol. The van der Waals surface area contributed by atoms with Crippen molar-refractivity contribution in [1.82, 2.24) is 4.90 Å². The summed E-state index contributed by atoms with van der Waals surface area (Å²) in [5.74, 6) is -0.151. The smallest absolute Gasteiger partial charge is 0.255 e. The first-order valence-electron chi connectivity index (χ1n) is 13.3. The fourth-order valence-electron chi connectivity index (χ4n) is 4.86. The van der Waals surface area contributed by atoms with Crippen LogP contribution in [0.5, 0.6) is 0 Å². The van der Waals surface area contributed by atoms with Crippen LogP contribution in [0, 0.1) is 0 Å². The summed E-state index contributed by atoms with van der Waals surface area (Å²) in [6, 6.07) is 35.1. The lowest BCUT2D eigenvalue weighted by molar-refractivity contribution is -0.252. The Kier molecular flexibility index (Phi) is 8.81. The Morgan fingerprint density at radius 3 is 2.13 bits per heavy atom. The molecule has 0 aromatic heterocycles. The van der Waals surface area contributed by atoms with Gasteiger partial charge in [-0.3, -0.25) is 9.69 Å². The van der Waals surface area contributed by atoms with E-state index in [1.54, 1.807) is 12.1 Å². The molecule has 6 nitrogen and oxygen atoms in total. The maximum absolute atomic E-state index is 12.5. The predicted octanol–water partition coefficient (Wildman–Crippen LogP) is 6.11. The summed E-state index contributed by atoms with van der Waals surface area (Å²) in [5, 5.41) is 12.4. The number of carbonyl (C=O) groups excluding carboxylic acids is 1. The second kappa shape index (κ2) is 12.8. The lowest BCUT2D eigenvalue weighted by Gasteiger charge is -2.38. The summed E-state index contributed by atoms with van der Waals surface area (Å²) in [4.78, 5) is 14.8. The summed E-state index contributed by atoms with van der Waals surface area (Å²) in [7, 11) is 2.11. The van der Waals surface area contributed by atoms with E-state index in [1.807, 2.05) is 72.8 Å². The van der Waals surface area contributed by atoms with Crippen LogP contribution < -0.4 is 5.32 Å². The van der Waals surface area contributed by atoms with Crippen LogP contribution in [0.3, 0.4) is 0 Å². The van der Waals surface area contributed by atoms with Crippen LogP contribution in [-0.4, -0.2) is 35.6 Å². The van der Waals surface area contributed by atoms with Crippen LogP contribution in [0.15, 0.2) is 109 Å². The van der Waals surface area contributed by atoms with Gasteiger partial charge in [0.1, 0.15) is 0 Å². The molecule has 1 saturated heterocycles. The maximum Gasteiger partial charge on any atom is 0.255 e. The summed E-state index contributed by atoms with van der Waals surface area (Å²) in [5.41, 5.74) is 5.39. The highest BCUT2D eigenvalue weighted by Crippen LogP contribution is 2.38. The standard InChI is InChI=1S/C33H34N2O4/c1-35(21-24-8-4-2-5-9-24)22-30-20-31(26-14-12-25(23-36)13-15-26)39-33(38-30)28-16-18-29(19-17-28)34-32(37)27-10-6-3-7-11-27/h2-19,30-31,33,36H,20-23H2,1H3,(H,34,37). The summed E-state index contributed by atoms with van der Waals surface area (Å²) < 4.78 is 12.9. The molecular formula is C33H34N2O4. The number of rotatable bonds is 9. The normalized spacial score (nSPS) is 19.1. The summed E-state index contributed by atoms with van der Waals surface area (Å²) >= 11 is 0. The average Bonchev–Trinajstić information content (AvgIpc) is 2.98. The second-order valence-electron chi connectivity index (χ2n) is 9.97. The van der Waals surface area contributed by atoms with Crippen molar-refractivity contribution < 1.29 is 19.4 Å². The van der Waals surface area contributed by atoms with E-state index in [9.17, 15) is 9.90 Å².